The molecule has 1 aromatic rings. The first-order chi connectivity index (χ1) is 13.0. The van der Waals surface area contributed by atoms with Crippen molar-refractivity contribution in [2.75, 3.05) is 26.2 Å². The van der Waals surface area contributed by atoms with E-state index >= 15 is 0 Å². The Hall–Kier alpha value is -2.30. The van der Waals surface area contributed by atoms with Crippen LogP contribution in [-0.4, -0.2) is 47.9 Å². The Balaban J connectivity index is 2.03. The minimum Gasteiger partial charge on any atom is -0.494 e. The van der Waals surface area contributed by atoms with Crippen molar-refractivity contribution in [2.45, 2.75) is 40.5 Å². The van der Waals surface area contributed by atoms with Gasteiger partial charge in [0, 0.05) is 19.6 Å². The summed E-state index contributed by atoms with van der Waals surface area (Å²) >= 11 is 0. The van der Waals surface area contributed by atoms with Crippen LogP contribution >= 0.6 is 0 Å². The highest BCUT2D eigenvalue weighted by Crippen LogP contribution is 2.35. The molecule has 2 amide bonds. The normalized spacial score (nSPS) is 23.4. The van der Waals surface area contributed by atoms with Gasteiger partial charge in [-0.15, -0.1) is 0 Å². The van der Waals surface area contributed by atoms with Crippen molar-refractivity contribution < 1.29 is 14.3 Å². The van der Waals surface area contributed by atoms with E-state index in [1.165, 1.54) is 4.90 Å². The number of hydrogen-bond donors (Lipinski definition) is 0. The molecule has 1 fully saturated rings. The molecule has 1 aromatic carbocycles. The lowest BCUT2D eigenvalue weighted by molar-refractivity contribution is -0.137. The smallest absolute Gasteiger partial charge is 0.277 e. The molecule has 2 atom stereocenters. The molecule has 3 rings (SSSR count). The Morgan fingerprint density at radius 3 is 2.19 bits per heavy atom. The van der Waals surface area contributed by atoms with Gasteiger partial charge in [-0.2, -0.15) is 0 Å². The van der Waals surface area contributed by atoms with E-state index in [1.807, 2.05) is 38.1 Å². The number of hydrogen-bond acceptors (Lipinski definition) is 4. The molecular weight excluding hydrogens is 340 g/mol. The molecule has 0 saturated carbocycles. The van der Waals surface area contributed by atoms with Gasteiger partial charge in [0.05, 0.1) is 12.2 Å². The van der Waals surface area contributed by atoms with Crippen molar-refractivity contribution in [3.63, 3.8) is 0 Å². The summed E-state index contributed by atoms with van der Waals surface area (Å²) < 4.78 is 5.51. The summed E-state index contributed by atoms with van der Waals surface area (Å²) in [7, 11) is 0. The second-order valence-electron chi connectivity index (χ2n) is 7.79. The topological polar surface area (TPSA) is 49.9 Å². The fourth-order valence-corrected chi connectivity index (χ4v) is 4.27. The number of amides is 2. The van der Waals surface area contributed by atoms with Gasteiger partial charge >= 0.3 is 0 Å². The number of ether oxygens (including phenoxy) is 1. The van der Waals surface area contributed by atoms with E-state index in [2.05, 4.69) is 18.7 Å². The number of likely N-dealkylation sites (tertiary alicyclic amines) is 1. The van der Waals surface area contributed by atoms with E-state index in [4.69, 9.17) is 4.74 Å². The average molecular weight is 370 g/mol. The standard InChI is InChI=1S/C22H30N2O3/c1-5-11-24-21(25)19(17-7-9-18(10-8-17)27-6-2)20(22(24)26)23-13-15(3)12-16(4)14-23/h7-10,15-16H,5-6,11-14H2,1-4H3. The van der Waals surface area contributed by atoms with Gasteiger partial charge in [0.2, 0.25) is 0 Å². The zero-order valence-corrected chi connectivity index (χ0v) is 16.8. The molecule has 146 valence electrons. The van der Waals surface area contributed by atoms with Crippen LogP contribution in [0.25, 0.3) is 5.57 Å². The van der Waals surface area contributed by atoms with Crippen LogP contribution in [0.15, 0.2) is 30.0 Å². The fraction of sp³-hybridized carbons (Fsp3) is 0.545. The summed E-state index contributed by atoms with van der Waals surface area (Å²) in [6.45, 7) is 11.0. The van der Waals surface area contributed by atoms with Crippen molar-refractivity contribution in [1.82, 2.24) is 9.80 Å². The van der Waals surface area contributed by atoms with E-state index in [0.717, 1.165) is 37.2 Å². The third-order valence-corrected chi connectivity index (χ3v) is 5.23. The molecule has 5 heteroatoms. The Morgan fingerprint density at radius 1 is 1.00 bits per heavy atom. The van der Waals surface area contributed by atoms with Gasteiger partial charge in [-0.05, 0) is 49.3 Å². The number of imide groups is 1. The molecule has 2 aliphatic heterocycles. The minimum atomic E-state index is -0.174. The molecule has 0 bridgehead atoms. The Kier molecular flexibility index (Phi) is 5.88. The molecule has 27 heavy (non-hydrogen) atoms. The van der Waals surface area contributed by atoms with Crippen LogP contribution in [0.2, 0.25) is 0 Å². The third-order valence-electron chi connectivity index (χ3n) is 5.23. The monoisotopic (exact) mass is 370 g/mol. The molecule has 2 aliphatic rings. The molecular formula is C22H30N2O3. The van der Waals surface area contributed by atoms with E-state index in [9.17, 15) is 9.59 Å². The fourth-order valence-electron chi connectivity index (χ4n) is 4.27. The first kappa shape index (κ1) is 19.5. The van der Waals surface area contributed by atoms with Gasteiger partial charge in [-0.3, -0.25) is 14.5 Å². The molecule has 1 saturated heterocycles. The maximum Gasteiger partial charge on any atom is 0.277 e. The number of benzene rings is 1. The summed E-state index contributed by atoms with van der Waals surface area (Å²) in [4.78, 5) is 29.8. The van der Waals surface area contributed by atoms with Gasteiger partial charge in [-0.1, -0.05) is 32.9 Å². The first-order valence-corrected chi connectivity index (χ1v) is 10.0. The highest BCUT2D eigenvalue weighted by Gasteiger charge is 2.42. The van der Waals surface area contributed by atoms with Gasteiger partial charge in [0.25, 0.3) is 11.8 Å². The van der Waals surface area contributed by atoms with Crippen LogP contribution in [0.5, 0.6) is 5.75 Å². The summed E-state index contributed by atoms with van der Waals surface area (Å²) in [5.74, 6) is 1.46. The number of carbonyl (C=O) groups is 2. The van der Waals surface area contributed by atoms with Crippen LogP contribution in [0.4, 0.5) is 0 Å². The highest BCUT2D eigenvalue weighted by molar-refractivity contribution is 6.35. The maximum atomic E-state index is 13.2. The van der Waals surface area contributed by atoms with Gasteiger partial charge in [0.15, 0.2) is 0 Å². The summed E-state index contributed by atoms with van der Waals surface area (Å²) in [6, 6.07) is 7.51. The minimum absolute atomic E-state index is 0.146. The van der Waals surface area contributed by atoms with Crippen molar-refractivity contribution in [3.8, 4) is 5.75 Å². The SMILES string of the molecule is CCCN1C(=O)C(c2ccc(OCC)cc2)=C(N2CC(C)CC(C)C2)C1=O. The van der Waals surface area contributed by atoms with Crippen LogP contribution in [0.3, 0.4) is 0 Å². The zero-order chi connectivity index (χ0) is 19.6. The molecule has 0 radical (unpaired) electrons. The lowest BCUT2D eigenvalue weighted by Gasteiger charge is -2.37. The van der Waals surface area contributed by atoms with Crippen molar-refractivity contribution in [2.24, 2.45) is 11.8 Å². The van der Waals surface area contributed by atoms with Crippen molar-refractivity contribution in [3.05, 3.63) is 35.5 Å². The number of nitrogens with zero attached hydrogens (tertiary/aromatic N) is 2. The molecule has 0 aliphatic carbocycles. The number of piperidine rings is 1. The molecule has 5 nitrogen and oxygen atoms in total. The summed E-state index contributed by atoms with van der Waals surface area (Å²) in [5.41, 5.74) is 1.91. The second-order valence-corrected chi connectivity index (χ2v) is 7.79. The average Bonchev–Trinajstić information content (AvgIpc) is 2.87. The maximum absolute atomic E-state index is 13.2. The number of rotatable bonds is 6. The van der Waals surface area contributed by atoms with Gasteiger partial charge in [0.1, 0.15) is 11.4 Å². The lowest BCUT2D eigenvalue weighted by atomic mass is 9.91. The third kappa shape index (κ3) is 3.87. The van der Waals surface area contributed by atoms with E-state index in [0.29, 0.717) is 36.3 Å². The largest absolute Gasteiger partial charge is 0.494 e. The zero-order valence-electron chi connectivity index (χ0n) is 16.8. The number of carbonyl (C=O) groups excluding carboxylic acids is 2. The molecule has 2 heterocycles. The van der Waals surface area contributed by atoms with Crippen molar-refractivity contribution in [1.29, 1.82) is 0 Å². The lowest BCUT2D eigenvalue weighted by Crippen LogP contribution is -2.42. The molecule has 0 aromatic heterocycles. The van der Waals surface area contributed by atoms with E-state index in [1.54, 1.807) is 0 Å². The van der Waals surface area contributed by atoms with Crippen LogP contribution in [0, 0.1) is 11.8 Å². The van der Waals surface area contributed by atoms with Crippen LogP contribution in [-0.2, 0) is 9.59 Å². The first-order valence-electron chi connectivity index (χ1n) is 10.0. The molecule has 2 unspecified atom stereocenters. The molecule has 0 N–H and O–H groups in total. The van der Waals surface area contributed by atoms with Crippen LogP contribution < -0.4 is 4.74 Å². The highest BCUT2D eigenvalue weighted by atomic mass is 16.5. The second kappa shape index (κ2) is 8.15. The van der Waals surface area contributed by atoms with Gasteiger partial charge < -0.3 is 9.64 Å². The van der Waals surface area contributed by atoms with E-state index in [-0.39, 0.29) is 11.8 Å². The Morgan fingerprint density at radius 2 is 1.63 bits per heavy atom. The quantitative estimate of drug-likeness (QED) is 0.719. The predicted octanol–water partition coefficient (Wildman–Crippen LogP) is 3.55. The summed E-state index contributed by atoms with van der Waals surface area (Å²) in [6.07, 6.45) is 1.91. The Bertz CT molecular complexity index is 728. The van der Waals surface area contributed by atoms with Gasteiger partial charge in [-0.25, -0.2) is 0 Å². The molecule has 0 spiro atoms. The summed E-state index contributed by atoms with van der Waals surface area (Å²) in [5, 5.41) is 0. The Labute approximate surface area is 162 Å². The van der Waals surface area contributed by atoms with E-state index < -0.39 is 0 Å². The van der Waals surface area contributed by atoms with Crippen LogP contribution in [0.1, 0.15) is 46.1 Å². The van der Waals surface area contributed by atoms with Crippen molar-refractivity contribution >= 4 is 17.4 Å². The predicted molar refractivity (Wildman–Crippen MR) is 106 cm³/mol.